The van der Waals surface area contributed by atoms with Crippen molar-refractivity contribution < 1.29 is 0 Å². The summed E-state index contributed by atoms with van der Waals surface area (Å²) in [5.74, 6) is 0. The highest BCUT2D eigenvalue weighted by Gasteiger charge is 2.54. The topological polar surface area (TPSA) is 14.8 Å². The Morgan fingerprint density at radius 1 is 0.257 bits per heavy atom. The van der Waals surface area contributed by atoms with Crippen molar-refractivity contribution in [3.05, 3.63) is 271 Å². The monoisotopic (exact) mass is 887 g/mol. The molecule has 70 heavy (non-hydrogen) atoms. The normalized spacial score (nSPS) is 14.6. The smallest absolute Gasteiger partial charge is 0.0747 e. The van der Waals surface area contributed by atoms with Crippen LogP contribution in [0.2, 0.25) is 0 Å². The number of rotatable bonds is 4. The van der Waals surface area contributed by atoms with Crippen LogP contribution in [0.15, 0.2) is 249 Å². The second kappa shape index (κ2) is 13.9. The van der Waals surface area contributed by atoms with Crippen LogP contribution in [-0.4, -0.2) is 13.7 Å². The van der Waals surface area contributed by atoms with Crippen molar-refractivity contribution in [2.24, 2.45) is 0 Å². The largest absolute Gasteiger partial charge is 0.309 e. The summed E-state index contributed by atoms with van der Waals surface area (Å²) in [6.45, 7) is 0. The molecule has 324 valence electrons. The van der Waals surface area contributed by atoms with E-state index in [0.717, 1.165) is 17.1 Å². The molecule has 3 aromatic heterocycles. The molecule has 0 bridgehead atoms. The van der Waals surface area contributed by atoms with Crippen LogP contribution in [0, 0.1) is 0 Å². The molecule has 0 aliphatic heterocycles. The van der Waals surface area contributed by atoms with Crippen LogP contribution in [0.25, 0.3) is 116 Å². The number of hydrogen-bond acceptors (Lipinski definition) is 0. The third kappa shape index (κ3) is 4.78. The Morgan fingerprint density at radius 3 is 1.53 bits per heavy atom. The summed E-state index contributed by atoms with van der Waals surface area (Å²) in [5, 5.41) is 7.49. The third-order valence-corrected chi connectivity index (χ3v) is 15.8. The first kappa shape index (κ1) is 37.9. The number of hydrogen-bond donors (Lipinski definition) is 0. The molecule has 2 aliphatic carbocycles. The Bertz CT molecular complexity index is 4510. The predicted molar refractivity (Wildman–Crippen MR) is 291 cm³/mol. The van der Waals surface area contributed by atoms with Gasteiger partial charge in [-0.1, -0.05) is 182 Å². The van der Waals surface area contributed by atoms with Gasteiger partial charge >= 0.3 is 0 Å². The van der Waals surface area contributed by atoms with Gasteiger partial charge in [-0.05, 0) is 111 Å². The molecule has 16 rings (SSSR count). The molecule has 3 heterocycles. The molecule has 0 radical (unpaired) electrons. The van der Waals surface area contributed by atoms with E-state index in [9.17, 15) is 0 Å². The Labute approximate surface area is 404 Å². The maximum Gasteiger partial charge on any atom is 0.0747 e. The molecule has 0 fully saturated rings. The average Bonchev–Trinajstić information content (AvgIpc) is 4.21. The van der Waals surface area contributed by atoms with Gasteiger partial charge in [-0.3, -0.25) is 0 Å². The van der Waals surface area contributed by atoms with Crippen LogP contribution >= 0.6 is 0 Å². The van der Waals surface area contributed by atoms with Crippen molar-refractivity contribution >= 4 is 65.4 Å². The fourth-order valence-corrected chi connectivity index (χ4v) is 13.1. The van der Waals surface area contributed by atoms with Gasteiger partial charge in [0.05, 0.1) is 38.5 Å². The molecule has 3 nitrogen and oxygen atoms in total. The molecule has 11 aromatic carbocycles. The van der Waals surface area contributed by atoms with E-state index in [-0.39, 0.29) is 0 Å². The second-order valence-corrected chi connectivity index (χ2v) is 19.1. The lowest BCUT2D eigenvalue weighted by molar-refractivity contribution is 0.797. The molecule has 1 spiro atoms. The van der Waals surface area contributed by atoms with E-state index in [0.29, 0.717) is 0 Å². The number of aromatic nitrogens is 3. The van der Waals surface area contributed by atoms with Crippen LogP contribution in [-0.2, 0) is 5.41 Å². The lowest BCUT2D eigenvalue weighted by atomic mass is 9.70. The Hall–Kier alpha value is -9.18. The summed E-state index contributed by atoms with van der Waals surface area (Å²) < 4.78 is 7.54. The van der Waals surface area contributed by atoms with Gasteiger partial charge in [0.25, 0.3) is 0 Å². The van der Waals surface area contributed by atoms with Gasteiger partial charge in [0, 0.05) is 60.5 Å². The fraction of sp³-hybridized carbons (Fsp3) is 0.0149. The standard InChI is InChI=1S/C67H41N3/c1-4-18-42(19-5-1)43-32-38-62-54(40-43)52-35-34-50-47-24-10-14-28-56(47)67(64(50)66(52)69(62)45-22-8-3-9-23-45)57-29-15-11-27-53(57)63-58(67)37-36-51-48-25-12-17-31-60(48)70(65(51)63)46-33-39-61-55(41-46)49-26-13-16-30-59(49)68(61)44-20-6-2-7-21-44/h1-41H. The molecule has 0 amide bonds. The van der Waals surface area contributed by atoms with E-state index in [1.54, 1.807) is 0 Å². The zero-order valence-corrected chi connectivity index (χ0v) is 38.0. The van der Waals surface area contributed by atoms with Crippen LogP contribution < -0.4 is 0 Å². The van der Waals surface area contributed by atoms with Crippen molar-refractivity contribution in [1.29, 1.82) is 0 Å². The van der Waals surface area contributed by atoms with Crippen LogP contribution in [0.3, 0.4) is 0 Å². The van der Waals surface area contributed by atoms with Crippen LogP contribution in [0.5, 0.6) is 0 Å². The van der Waals surface area contributed by atoms with Gasteiger partial charge < -0.3 is 13.7 Å². The van der Waals surface area contributed by atoms with Crippen molar-refractivity contribution in [3.63, 3.8) is 0 Å². The van der Waals surface area contributed by atoms with Gasteiger partial charge in [0.1, 0.15) is 0 Å². The van der Waals surface area contributed by atoms with Gasteiger partial charge in [-0.15, -0.1) is 0 Å². The molecular formula is C67H41N3. The molecule has 3 heteroatoms. The minimum absolute atomic E-state index is 0.622. The van der Waals surface area contributed by atoms with Crippen molar-refractivity contribution in [2.45, 2.75) is 5.41 Å². The van der Waals surface area contributed by atoms with Crippen molar-refractivity contribution in [3.8, 4) is 50.4 Å². The lowest BCUT2D eigenvalue weighted by Gasteiger charge is -2.31. The summed E-state index contributed by atoms with van der Waals surface area (Å²) in [7, 11) is 0. The summed E-state index contributed by atoms with van der Waals surface area (Å²) in [4.78, 5) is 0. The Kier molecular flexibility index (Phi) is 7.54. The van der Waals surface area contributed by atoms with E-state index in [1.165, 1.54) is 121 Å². The second-order valence-electron chi connectivity index (χ2n) is 19.1. The van der Waals surface area contributed by atoms with Crippen molar-refractivity contribution in [1.82, 2.24) is 13.7 Å². The number of para-hydroxylation sites is 4. The maximum absolute atomic E-state index is 2.57. The van der Waals surface area contributed by atoms with E-state index < -0.39 is 5.41 Å². The quantitative estimate of drug-likeness (QED) is 0.167. The van der Waals surface area contributed by atoms with Crippen LogP contribution in [0.1, 0.15) is 22.3 Å². The van der Waals surface area contributed by atoms with Gasteiger partial charge in [0.2, 0.25) is 0 Å². The molecule has 0 N–H and O–H groups in total. The highest BCUT2D eigenvalue weighted by atomic mass is 15.0. The highest BCUT2D eigenvalue weighted by Crippen LogP contribution is 2.66. The first-order valence-corrected chi connectivity index (χ1v) is 24.4. The minimum atomic E-state index is -0.622. The number of benzene rings is 11. The Morgan fingerprint density at radius 2 is 0.771 bits per heavy atom. The molecule has 1 unspecified atom stereocenters. The fourth-order valence-electron chi connectivity index (χ4n) is 13.1. The molecule has 0 saturated heterocycles. The molecule has 0 saturated carbocycles. The van der Waals surface area contributed by atoms with E-state index >= 15 is 0 Å². The molecule has 2 aliphatic rings. The predicted octanol–water partition coefficient (Wildman–Crippen LogP) is 17.0. The number of nitrogens with zero attached hydrogens (tertiary/aromatic N) is 3. The maximum atomic E-state index is 2.57. The summed E-state index contributed by atoms with van der Waals surface area (Å²) in [6, 6.07) is 92.9. The average molecular weight is 888 g/mol. The Balaban J connectivity index is 1.05. The van der Waals surface area contributed by atoms with Crippen molar-refractivity contribution in [2.75, 3.05) is 0 Å². The lowest BCUT2D eigenvalue weighted by Crippen LogP contribution is -2.26. The molecule has 14 aromatic rings. The SMILES string of the molecule is c1ccc(-c2ccc3c(c2)c2ccc4c(c2n3-c2ccccc2)C2(c3ccccc3-4)c3ccccc3-c3c2ccc2c4ccccc4n(-c4ccc5c(c4)c4ccccc4n5-c4ccccc4)c32)cc1. The summed E-state index contributed by atoms with van der Waals surface area (Å²) >= 11 is 0. The zero-order valence-electron chi connectivity index (χ0n) is 38.0. The first-order chi connectivity index (χ1) is 34.8. The minimum Gasteiger partial charge on any atom is -0.309 e. The van der Waals surface area contributed by atoms with Gasteiger partial charge in [-0.2, -0.15) is 0 Å². The summed E-state index contributed by atoms with van der Waals surface area (Å²) in [6.07, 6.45) is 0. The third-order valence-electron chi connectivity index (χ3n) is 15.8. The first-order valence-electron chi connectivity index (χ1n) is 24.4. The van der Waals surface area contributed by atoms with E-state index in [4.69, 9.17) is 0 Å². The molecular weight excluding hydrogens is 847 g/mol. The molecule has 1 atom stereocenters. The van der Waals surface area contributed by atoms with Crippen LogP contribution in [0.4, 0.5) is 0 Å². The van der Waals surface area contributed by atoms with Gasteiger partial charge in [0.15, 0.2) is 0 Å². The van der Waals surface area contributed by atoms with E-state index in [1.807, 2.05) is 0 Å². The highest BCUT2D eigenvalue weighted by molar-refractivity contribution is 6.20. The van der Waals surface area contributed by atoms with Gasteiger partial charge in [-0.25, -0.2) is 0 Å². The number of fused-ring (bicyclic) bond motifs is 21. The van der Waals surface area contributed by atoms with E-state index in [2.05, 4.69) is 262 Å². The zero-order chi connectivity index (χ0) is 45.7. The summed E-state index contributed by atoms with van der Waals surface area (Å²) in [5.41, 5.74) is 23.0.